The highest BCUT2D eigenvalue weighted by Gasteiger charge is 2.00. The number of hydrogen-bond donors (Lipinski definition) is 2. The number of carbonyl (C=O) groups excluding carboxylic acids is 1. The van der Waals surface area contributed by atoms with E-state index in [0.717, 1.165) is 0 Å². The molecule has 0 saturated carbocycles. The van der Waals surface area contributed by atoms with Crippen LogP contribution in [0.15, 0.2) is 42.5 Å². The highest BCUT2D eigenvalue weighted by Crippen LogP contribution is 2.07. The van der Waals surface area contributed by atoms with Crippen LogP contribution in [0, 0.1) is 0 Å². The Bertz CT molecular complexity index is 323. The van der Waals surface area contributed by atoms with Gasteiger partial charge in [0.05, 0.1) is 0 Å². The maximum Gasteiger partial charge on any atom is 0.412 e. The Hall–Kier alpha value is -1.81. The van der Waals surface area contributed by atoms with Crippen molar-refractivity contribution in [2.24, 2.45) is 5.73 Å². The van der Waals surface area contributed by atoms with Crippen molar-refractivity contribution in [1.82, 2.24) is 5.32 Å². The van der Waals surface area contributed by atoms with E-state index in [9.17, 15) is 4.79 Å². The molecule has 0 aliphatic carbocycles. The number of amides is 1. The molecule has 0 aromatic heterocycles. The second kappa shape index (κ2) is 6.62. The molecule has 0 unspecified atom stereocenters. The van der Waals surface area contributed by atoms with Crippen molar-refractivity contribution >= 4 is 6.09 Å². The quantitative estimate of drug-likeness (QED) is 0.729. The summed E-state index contributed by atoms with van der Waals surface area (Å²) in [5, 5.41) is 2.56. The summed E-state index contributed by atoms with van der Waals surface area (Å²) in [4.78, 5) is 11.2. The monoisotopic (exact) mass is 206 g/mol. The minimum absolute atomic E-state index is 0.420. The van der Waals surface area contributed by atoms with E-state index in [4.69, 9.17) is 10.5 Å². The third-order valence-corrected chi connectivity index (χ3v) is 1.62. The number of para-hydroxylation sites is 1. The summed E-state index contributed by atoms with van der Waals surface area (Å²) in [7, 11) is 0. The van der Waals surface area contributed by atoms with Crippen LogP contribution in [-0.4, -0.2) is 19.2 Å². The van der Waals surface area contributed by atoms with E-state index in [2.05, 4.69) is 5.32 Å². The van der Waals surface area contributed by atoms with Crippen LogP contribution < -0.4 is 15.8 Å². The molecule has 0 bridgehead atoms. The fraction of sp³-hybridized carbons (Fsp3) is 0.182. The van der Waals surface area contributed by atoms with Gasteiger partial charge in [-0.1, -0.05) is 30.4 Å². The molecule has 0 spiro atoms. The highest BCUT2D eigenvalue weighted by atomic mass is 16.5. The van der Waals surface area contributed by atoms with Gasteiger partial charge in [0.25, 0.3) is 0 Å². The van der Waals surface area contributed by atoms with Gasteiger partial charge >= 0.3 is 6.09 Å². The molecule has 1 aromatic rings. The molecule has 1 amide bonds. The first-order valence-corrected chi connectivity index (χ1v) is 4.68. The molecule has 4 heteroatoms. The fourth-order valence-electron chi connectivity index (χ4n) is 0.953. The second-order valence-corrected chi connectivity index (χ2v) is 2.79. The summed E-state index contributed by atoms with van der Waals surface area (Å²) in [5.41, 5.74) is 5.24. The van der Waals surface area contributed by atoms with Gasteiger partial charge in [-0.05, 0) is 12.1 Å². The van der Waals surface area contributed by atoms with E-state index in [-0.39, 0.29) is 0 Å². The number of benzene rings is 1. The Morgan fingerprint density at radius 3 is 2.73 bits per heavy atom. The lowest BCUT2D eigenvalue weighted by Crippen LogP contribution is -2.26. The lowest BCUT2D eigenvalue weighted by molar-refractivity contribution is 0.201. The van der Waals surface area contributed by atoms with Crippen molar-refractivity contribution in [1.29, 1.82) is 0 Å². The fourth-order valence-corrected chi connectivity index (χ4v) is 0.953. The lowest BCUT2D eigenvalue weighted by Gasteiger charge is -2.03. The smallest absolute Gasteiger partial charge is 0.410 e. The van der Waals surface area contributed by atoms with Crippen LogP contribution in [0.25, 0.3) is 0 Å². The first-order valence-electron chi connectivity index (χ1n) is 4.68. The Morgan fingerprint density at radius 2 is 2.07 bits per heavy atom. The number of hydrogen-bond acceptors (Lipinski definition) is 3. The maximum atomic E-state index is 11.2. The summed E-state index contributed by atoms with van der Waals surface area (Å²) in [5.74, 6) is 0.526. The third-order valence-electron chi connectivity index (χ3n) is 1.62. The number of nitrogens with two attached hydrogens (primary N) is 1. The SMILES string of the molecule is NC/C=C/CNC(=O)Oc1ccccc1. The van der Waals surface area contributed by atoms with E-state index in [1.165, 1.54) is 0 Å². The van der Waals surface area contributed by atoms with Gasteiger partial charge in [0.15, 0.2) is 0 Å². The van der Waals surface area contributed by atoms with Gasteiger partial charge in [-0.3, -0.25) is 0 Å². The van der Waals surface area contributed by atoms with E-state index < -0.39 is 6.09 Å². The minimum Gasteiger partial charge on any atom is -0.410 e. The number of ether oxygens (including phenoxy) is 1. The number of carbonyl (C=O) groups is 1. The van der Waals surface area contributed by atoms with Crippen molar-refractivity contribution in [2.75, 3.05) is 13.1 Å². The number of rotatable bonds is 4. The zero-order valence-corrected chi connectivity index (χ0v) is 8.35. The largest absolute Gasteiger partial charge is 0.412 e. The first kappa shape index (κ1) is 11.3. The molecule has 15 heavy (non-hydrogen) atoms. The second-order valence-electron chi connectivity index (χ2n) is 2.79. The van der Waals surface area contributed by atoms with Crippen molar-refractivity contribution in [3.63, 3.8) is 0 Å². The molecular weight excluding hydrogens is 192 g/mol. The van der Waals surface area contributed by atoms with E-state index >= 15 is 0 Å². The van der Waals surface area contributed by atoms with E-state index in [1.807, 2.05) is 6.07 Å². The molecule has 0 atom stereocenters. The molecule has 4 nitrogen and oxygen atoms in total. The minimum atomic E-state index is -0.470. The van der Waals surface area contributed by atoms with Crippen LogP contribution in [0.5, 0.6) is 5.75 Å². The molecule has 0 aliphatic heterocycles. The standard InChI is InChI=1S/C11H14N2O2/c12-8-4-5-9-13-11(14)15-10-6-2-1-3-7-10/h1-7H,8-9,12H2,(H,13,14)/b5-4+. The predicted molar refractivity (Wildman–Crippen MR) is 58.7 cm³/mol. The van der Waals surface area contributed by atoms with Crippen LogP contribution in [0.1, 0.15) is 0 Å². The van der Waals surface area contributed by atoms with Crippen LogP contribution in [0.4, 0.5) is 4.79 Å². The topological polar surface area (TPSA) is 64.3 Å². The molecule has 3 N–H and O–H groups in total. The Labute approximate surface area is 88.7 Å². The van der Waals surface area contributed by atoms with Gasteiger partial charge in [-0.2, -0.15) is 0 Å². The molecule has 0 radical (unpaired) electrons. The van der Waals surface area contributed by atoms with Crippen molar-refractivity contribution in [2.45, 2.75) is 0 Å². The summed E-state index contributed by atoms with van der Waals surface area (Å²) >= 11 is 0. The van der Waals surface area contributed by atoms with Gasteiger partial charge in [-0.15, -0.1) is 0 Å². The van der Waals surface area contributed by atoms with Gasteiger partial charge < -0.3 is 15.8 Å². The van der Waals surface area contributed by atoms with Gasteiger partial charge in [0.1, 0.15) is 5.75 Å². The summed E-state index contributed by atoms with van der Waals surface area (Å²) < 4.78 is 4.98. The summed E-state index contributed by atoms with van der Waals surface area (Å²) in [6.07, 6.45) is 3.07. The molecule has 80 valence electrons. The van der Waals surface area contributed by atoms with Crippen molar-refractivity contribution < 1.29 is 9.53 Å². The molecule has 1 rings (SSSR count). The first-order chi connectivity index (χ1) is 7.33. The van der Waals surface area contributed by atoms with Crippen LogP contribution in [0.2, 0.25) is 0 Å². The van der Waals surface area contributed by atoms with Gasteiger partial charge in [0.2, 0.25) is 0 Å². The normalized spacial score (nSPS) is 10.2. The molecule has 0 fully saturated rings. The van der Waals surface area contributed by atoms with Crippen LogP contribution in [0.3, 0.4) is 0 Å². The Morgan fingerprint density at radius 1 is 1.33 bits per heavy atom. The van der Waals surface area contributed by atoms with Crippen LogP contribution in [-0.2, 0) is 0 Å². The molecule has 0 saturated heterocycles. The average Bonchev–Trinajstić information content (AvgIpc) is 2.26. The van der Waals surface area contributed by atoms with Crippen molar-refractivity contribution in [3.8, 4) is 5.75 Å². The van der Waals surface area contributed by atoms with Crippen molar-refractivity contribution in [3.05, 3.63) is 42.5 Å². The van der Waals surface area contributed by atoms with Crippen LogP contribution >= 0.6 is 0 Å². The van der Waals surface area contributed by atoms with E-state index in [0.29, 0.717) is 18.8 Å². The Kier molecular flexibility index (Phi) is 4.97. The molecule has 1 aromatic carbocycles. The predicted octanol–water partition coefficient (Wildman–Crippen LogP) is 1.29. The van der Waals surface area contributed by atoms with Gasteiger partial charge in [0, 0.05) is 13.1 Å². The number of nitrogens with one attached hydrogen (secondary N) is 1. The highest BCUT2D eigenvalue weighted by molar-refractivity contribution is 5.70. The maximum absolute atomic E-state index is 11.2. The molecular formula is C11H14N2O2. The molecule has 0 aliphatic rings. The zero-order chi connectivity index (χ0) is 10.9. The zero-order valence-electron chi connectivity index (χ0n) is 8.35. The van der Waals surface area contributed by atoms with Gasteiger partial charge in [-0.25, -0.2) is 4.79 Å². The van der Waals surface area contributed by atoms with E-state index in [1.54, 1.807) is 36.4 Å². The average molecular weight is 206 g/mol. The summed E-state index contributed by atoms with van der Waals surface area (Å²) in [6, 6.07) is 8.90. The lowest BCUT2D eigenvalue weighted by atomic mass is 10.3. The third kappa shape index (κ3) is 4.83. The molecule has 0 heterocycles. The summed E-state index contributed by atoms with van der Waals surface area (Å²) in [6.45, 7) is 0.887. The Balaban J connectivity index is 2.28.